The Morgan fingerprint density at radius 1 is 1.83 bits per heavy atom. The lowest BCUT2D eigenvalue weighted by Gasteiger charge is -1.96. The van der Waals surface area contributed by atoms with Gasteiger partial charge < -0.3 is 14.9 Å². The van der Waals surface area contributed by atoms with Gasteiger partial charge in [-0.2, -0.15) is 0 Å². The summed E-state index contributed by atoms with van der Waals surface area (Å²) in [7, 11) is 2.20. The van der Waals surface area contributed by atoms with Crippen LogP contribution < -0.4 is 11.4 Å². The van der Waals surface area contributed by atoms with Gasteiger partial charge in [0, 0.05) is 0 Å². The second-order valence-electron chi connectivity index (χ2n) is 1.99. The fourth-order valence-corrected chi connectivity index (χ4v) is 0.951. The number of rotatable bonds is 2. The molecular formula is C6H9N2O3P. The number of aromatic nitrogens is 1. The van der Waals surface area contributed by atoms with Crippen LogP contribution in [0.4, 0.5) is 5.88 Å². The third kappa shape index (κ3) is 1.74. The summed E-state index contributed by atoms with van der Waals surface area (Å²) < 4.78 is 9.48. The summed E-state index contributed by atoms with van der Waals surface area (Å²) in [5.41, 5.74) is 5.63. The molecule has 5 nitrogen and oxygen atoms in total. The molecule has 1 rings (SSSR count). The lowest BCUT2D eigenvalue weighted by molar-refractivity contribution is 0.0521. The minimum atomic E-state index is -0.563. The minimum absolute atomic E-state index is 0.0153. The maximum atomic E-state index is 11.0. The van der Waals surface area contributed by atoms with Gasteiger partial charge in [0.1, 0.15) is 0 Å². The van der Waals surface area contributed by atoms with E-state index in [0.717, 1.165) is 0 Å². The highest BCUT2D eigenvalue weighted by Gasteiger charge is 2.16. The zero-order valence-electron chi connectivity index (χ0n) is 6.53. The van der Waals surface area contributed by atoms with E-state index in [1.165, 1.54) is 0 Å². The molecule has 0 amide bonds. The highest BCUT2D eigenvalue weighted by molar-refractivity contribution is 7.26. The Balaban J connectivity index is 2.87. The first-order valence-electron chi connectivity index (χ1n) is 3.34. The third-order valence-electron chi connectivity index (χ3n) is 1.14. The van der Waals surface area contributed by atoms with E-state index in [4.69, 9.17) is 10.2 Å². The summed E-state index contributed by atoms with van der Waals surface area (Å²) >= 11 is 0. The van der Waals surface area contributed by atoms with Crippen LogP contribution in [0.15, 0.2) is 4.42 Å². The number of oxazole rings is 1. The highest BCUT2D eigenvalue weighted by atomic mass is 31.0. The average Bonchev–Trinajstić information content (AvgIpc) is 2.30. The van der Waals surface area contributed by atoms with Gasteiger partial charge in [-0.3, -0.25) is 0 Å². The van der Waals surface area contributed by atoms with E-state index in [1.807, 2.05) is 0 Å². The Bertz CT molecular complexity index is 297. The maximum Gasteiger partial charge on any atom is 0.362 e. The molecule has 6 heteroatoms. The first kappa shape index (κ1) is 9.00. The first-order valence-corrected chi connectivity index (χ1v) is 3.91. The van der Waals surface area contributed by atoms with Crippen LogP contribution in [0.5, 0.6) is 0 Å². The molecule has 0 spiro atoms. The zero-order valence-corrected chi connectivity index (χ0v) is 7.69. The van der Waals surface area contributed by atoms with Gasteiger partial charge in [-0.1, -0.05) is 0 Å². The van der Waals surface area contributed by atoms with E-state index in [0.29, 0.717) is 0 Å². The molecule has 0 aromatic carbocycles. The molecule has 1 heterocycles. The van der Waals surface area contributed by atoms with Gasteiger partial charge >= 0.3 is 5.97 Å². The molecule has 0 aliphatic heterocycles. The molecule has 1 aromatic heterocycles. The normalized spacial score (nSPS) is 9.83. The summed E-state index contributed by atoms with van der Waals surface area (Å²) in [5, 5.41) is 0. The van der Waals surface area contributed by atoms with Crippen molar-refractivity contribution in [1.82, 2.24) is 4.98 Å². The smallest absolute Gasteiger partial charge is 0.362 e. The minimum Gasteiger partial charge on any atom is -0.461 e. The van der Waals surface area contributed by atoms with E-state index in [1.54, 1.807) is 6.92 Å². The summed E-state index contributed by atoms with van der Waals surface area (Å²) in [6, 6.07) is 0. The zero-order chi connectivity index (χ0) is 9.14. The highest BCUT2D eigenvalue weighted by Crippen LogP contribution is 2.09. The van der Waals surface area contributed by atoms with Gasteiger partial charge in [-0.15, -0.1) is 0 Å². The molecule has 0 radical (unpaired) electrons. The van der Waals surface area contributed by atoms with Crippen molar-refractivity contribution in [2.24, 2.45) is 0 Å². The summed E-state index contributed by atoms with van der Waals surface area (Å²) in [4.78, 5) is 14.8. The van der Waals surface area contributed by atoms with Crippen LogP contribution in [0, 0.1) is 0 Å². The summed E-state index contributed by atoms with van der Waals surface area (Å²) in [5.74, 6) is -0.578. The molecule has 0 aliphatic rings. The van der Waals surface area contributed by atoms with Crippen LogP contribution in [-0.4, -0.2) is 17.6 Å². The topological polar surface area (TPSA) is 78.3 Å². The van der Waals surface area contributed by atoms with Crippen LogP contribution in [0.1, 0.15) is 17.4 Å². The fraction of sp³-hybridized carbons (Fsp3) is 0.333. The number of carbonyl (C=O) groups excluding carboxylic acids is 1. The number of nitrogens with zero attached hydrogens (tertiary/aromatic N) is 1. The van der Waals surface area contributed by atoms with Crippen molar-refractivity contribution < 1.29 is 13.9 Å². The van der Waals surface area contributed by atoms with E-state index in [2.05, 4.69) is 19.0 Å². The standard InChI is InChI=1S/C6H9N2O3P/c1-2-10-5(9)3-4(7)11-6(12)8-3/h2,7,12H2,1H3. The van der Waals surface area contributed by atoms with Crippen molar-refractivity contribution in [2.75, 3.05) is 12.3 Å². The van der Waals surface area contributed by atoms with Crippen molar-refractivity contribution in [2.45, 2.75) is 6.92 Å². The number of anilines is 1. The number of ether oxygens (including phenoxy) is 1. The molecule has 0 bridgehead atoms. The molecule has 2 N–H and O–H groups in total. The van der Waals surface area contributed by atoms with Gasteiger partial charge in [0.2, 0.25) is 17.2 Å². The van der Waals surface area contributed by atoms with E-state index in [-0.39, 0.29) is 23.8 Å². The second-order valence-corrected chi connectivity index (χ2v) is 2.48. The Hall–Kier alpha value is -1.09. The molecule has 1 atom stereocenters. The summed E-state index contributed by atoms with van der Waals surface area (Å²) in [6.45, 7) is 1.99. The Morgan fingerprint density at radius 3 is 2.92 bits per heavy atom. The quantitative estimate of drug-likeness (QED) is 0.519. The van der Waals surface area contributed by atoms with E-state index < -0.39 is 5.97 Å². The van der Waals surface area contributed by atoms with Crippen molar-refractivity contribution in [3.05, 3.63) is 5.69 Å². The lowest BCUT2D eigenvalue weighted by atomic mass is 10.4. The van der Waals surface area contributed by atoms with Crippen molar-refractivity contribution in [3.63, 3.8) is 0 Å². The van der Waals surface area contributed by atoms with Crippen LogP contribution in [0.2, 0.25) is 0 Å². The van der Waals surface area contributed by atoms with Gasteiger partial charge in [0.05, 0.1) is 6.61 Å². The SMILES string of the molecule is CCOC(=O)c1nc(P)oc1N. The molecule has 0 saturated carbocycles. The number of hydrogen-bond donors (Lipinski definition) is 1. The lowest BCUT2D eigenvalue weighted by Crippen LogP contribution is -2.08. The van der Waals surface area contributed by atoms with Gasteiger partial charge in [0.25, 0.3) is 0 Å². The molecule has 0 saturated heterocycles. The average molecular weight is 188 g/mol. The molecule has 12 heavy (non-hydrogen) atoms. The molecule has 1 aromatic rings. The number of hydrogen-bond acceptors (Lipinski definition) is 5. The molecular weight excluding hydrogens is 179 g/mol. The maximum absolute atomic E-state index is 11.0. The van der Waals surface area contributed by atoms with Crippen LogP contribution >= 0.6 is 9.24 Å². The van der Waals surface area contributed by atoms with Crippen LogP contribution in [0.3, 0.4) is 0 Å². The predicted molar refractivity (Wildman–Crippen MR) is 46.2 cm³/mol. The van der Waals surface area contributed by atoms with Gasteiger partial charge in [0.15, 0.2) is 0 Å². The first-order chi connectivity index (χ1) is 5.65. The second kappa shape index (κ2) is 3.54. The molecule has 0 aliphatic carbocycles. The fourth-order valence-electron chi connectivity index (χ4n) is 0.695. The largest absolute Gasteiger partial charge is 0.461 e. The van der Waals surface area contributed by atoms with Crippen molar-refractivity contribution in [3.8, 4) is 0 Å². The van der Waals surface area contributed by atoms with Gasteiger partial charge in [-0.25, -0.2) is 9.78 Å². The number of esters is 1. The van der Waals surface area contributed by atoms with E-state index in [9.17, 15) is 4.79 Å². The van der Waals surface area contributed by atoms with Crippen LogP contribution in [0.25, 0.3) is 0 Å². The predicted octanol–water partition coefficient (Wildman–Crippen LogP) is -0.0661. The molecule has 66 valence electrons. The number of nitrogen functional groups attached to an aromatic ring is 1. The van der Waals surface area contributed by atoms with Gasteiger partial charge in [-0.05, 0) is 16.2 Å². The Morgan fingerprint density at radius 2 is 2.50 bits per heavy atom. The number of nitrogens with two attached hydrogens (primary N) is 1. The van der Waals surface area contributed by atoms with Crippen molar-refractivity contribution >= 4 is 26.7 Å². The monoisotopic (exact) mass is 188 g/mol. The number of carbonyl (C=O) groups is 1. The third-order valence-corrected chi connectivity index (χ3v) is 1.39. The van der Waals surface area contributed by atoms with E-state index >= 15 is 0 Å². The Labute approximate surface area is 71.5 Å². The van der Waals surface area contributed by atoms with Crippen LogP contribution in [-0.2, 0) is 4.74 Å². The summed E-state index contributed by atoms with van der Waals surface area (Å²) in [6.07, 6.45) is 0. The molecule has 0 fully saturated rings. The molecule has 1 unspecified atom stereocenters. The Kier molecular flexibility index (Phi) is 2.65. The van der Waals surface area contributed by atoms with Crippen molar-refractivity contribution in [1.29, 1.82) is 0 Å².